The summed E-state index contributed by atoms with van der Waals surface area (Å²) < 4.78 is 35.2. The lowest BCUT2D eigenvalue weighted by atomic mass is 9.53. The lowest BCUT2D eigenvalue weighted by Gasteiger charge is -2.59. The van der Waals surface area contributed by atoms with E-state index in [9.17, 15) is 13.5 Å². The first-order valence-electron chi connectivity index (χ1n) is 9.76. The summed E-state index contributed by atoms with van der Waals surface area (Å²) in [5, 5.41) is 11.2. The van der Waals surface area contributed by atoms with Crippen LogP contribution in [0.5, 0.6) is 0 Å². The standard InChI is InChI=1S/C19H38O5SSi/c1-17(2,3)26(7,8)24-16-10-12-19(5,20)15-13-14(23-25(6,21)22)9-11-18(15,16)4/h14-16,20H,9-13H2,1-8H3/t14-,15-,16-,18-,19-/m0/s1. The Morgan fingerprint density at radius 1 is 1.12 bits per heavy atom. The van der Waals surface area contributed by atoms with Crippen LogP contribution in [0.4, 0.5) is 0 Å². The van der Waals surface area contributed by atoms with E-state index in [0.29, 0.717) is 19.3 Å². The van der Waals surface area contributed by atoms with Gasteiger partial charge in [0.25, 0.3) is 10.1 Å². The molecule has 0 aromatic heterocycles. The summed E-state index contributed by atoms with van der Waals surface area (Å²) in [6.07, 6.45) is 4.45. The molecule has 0 bridgehead atoms. The fraction of sp³-hybridized carbons (Fsp3) is 1.00. The molecule has 26 heavy (non-hydrogen) atoms. The van der Waals surface area contributed by atoms with Gasteiger partial charge in [-0.1, -0.05) is 27.7 Å². The first-order valence-corrected chi connectivity index (χ1v) is 14.5. The third-order valence-corrected chi connectivity index (χ3v) is 12.4. The van der Waals surface area contributed by atoms with Crippen molar-refractivity contribution in [3.8, 4) is 0 Å². The summed E-state index contributed by atoms with van der Waals surface area (Å²) in [6.45, 7) is 15.4. The normalized spacial score (nSPS) is 39.5. The molecule has 154 valence electrons. The number of fused-ring (bicyclic) bond motifs is 1. The van der Waals surface area contributed by atoms with E-state index in [1.165, 1.54) is 0 Å². The minimum atomic E-state index is -3.49. The molecular weight excluding hydrogens is 368 g/mol. The maximum atomic E-state index is 11.6. The summed E-state index contributed by atoms with van der Waals surface area (Å²) in [5.41, 5.74) is -0.976. The molecule has 2 fully saturated rings. The maximum Gasteiger partial charge on any atom is 0.264 e. The van der Waals surface area contributed by atoms with Crippen LogP contribution in [-0.4, -0.2) is 45.9 Å². The molecule has 0 unspecified atom stereocenters. The summed E-state index contributed by atoms with van der Waals surface area (Å²) >= 11 is 0. The highest BCUT2D eigenvalue weighted by molar-refractivity contribution is 7.86. The van der Waals surface area contributed by atoms with Gasteiger partial charge in [-0.25, -0.2) is 0 Å². The molecule has 2 saturated carbocycles. The zero-order valence-electron chi connectivity index (χ0n) is 17.8. The Labute approximate surface area is 161 Å². The van der Waals surface area contributed by atoms with Crippen molar-refractivity contribution in [3.63, 3.8) is 0 Å². The topological polar surface area (TPSA) is 72.8 Å². The van der Waals surface area contributed by atoms with E-state index in [1.54, 1.807) is 0 Å². The van der Waals surface area contributed by atoms with Crippen LogP contribution >= 0.6 is 0 Å². The summed E-state index contributed by atoms with van der Waals surface area (Å²) in [5.74, 6) is -0.0287. The minimum absolute atomic E-state index is 0.0287. The van der Waals surface area contributed by atoms with Gasteiger partial charge in [0.1, 0.15) is 0 Å². The molecule has 2 aliphatic rings. The quantitative estimate of drug-likeness (QED) is 0.563. The van der Waals surface area contributed by atoms with Gasteiger partial charge in [0.15, 0.2) is 8.32 Å². The van der Waals surface area contributed by atoms with Crippen LogP contribution in [0.1, 0.15) is 66.7 Å². The summed E-state index contributed by atoms with van der Waals surface area (Å²) in [4.78, 5) is 0. The molecule has 0 amide bonds. The predicted molar refractivity (Wildman–Crippen MR) is 107 cm³/mol. The van der Waals surface area contributed by atoms with Crippen LogP contribution in [0, 0.1) is 11.3 Å². The van der Waals surface area contributed by atoms with Crippen LogP contribution in [-0.2, 0) is 18.7 Å². The number of hydrogen-bond donors (Lipinski definition) is 1. The number of rotatable bonds is 4. The maximum absolute atomic E-state index is 11.6. The van der Waals surface area contributed by atoms with E-state index in [-0.39, 0.29) is 28.6 Å². The highest BCUT2D eigenvalue weighted by atomic mass is 32.2. The Morgan fingerprint density at radius 3 is 2.19 bits per heavy atom. The molecule has 5 nitrogen and oxygen atoms in total. The average Bonchev–Trinajstić information content (AvgIpc) is 2.41. The van der Waals surface area contributed by atoms with Gasteiger partial charge >= 0.3 is 0 Å². The Morgan fingerprint density at radius 2 is 1.69 bits per heavy atom. The van der Waals surface area contributed by atoms with E-state index in [1.807, 2.05) is 6.92 Å². The second kappa shape index (κ2) is 6.83. The minimum Gasteiger partial charge on any atom is -0.413 e. The molecule has 1 N–H and O–H groups in total. The Hall–Kier alpha value is 0.0469. The second-order valence-electron chi connectivity index (χ2n) is 10.5. The van der Waals surface area contributed by atoms with Gasteiger partial charge in [-0.3, -0.25) is 4.18 Å². The molecule has 0 heterocycles. The average molecular weight is 407 g/mol. The molecule has 2 rings (SSSR count). The van der Waals surface area contributed by atoms with Crippen molar-refractivity contribution < 1.29 is 22.1 Å². The fourth-order valence-electron chi connectivity index (χ4n) is 4.63. The van der Waals surface area contributed by atoms with Crippen LogP contribution in [0.25, 0.3) is 0 Å². The van der Waals surface area contributed by atoms with E-state index < -0.39 is 24.0 Å². The van der Waals surface area contributed by atoms with Crippen molar-refractivity contribution >= 4 is 18.4 Å². The van der Waals surface area contributed by atoms with Gasteiger partial charge < -0.3 is 9.53 Å². The Bertz CT molecular complexity index is 622. The first kappa shape index (κ1) is 22.3. The molecule has 2 aliphatic carbocycles. The van der Waals surface area contributed by atoms with Gasteiger partial charge in [0, 0.05) is 0 Å². The molecule has 0 spiro atoms. The Kier molecular flexibility index (Phi) is 5.87. The lowest BCUT2D eigenvalue weighted by molar-refractivity contribution is -0.174. The predicted octanol–water partition coefficient (Wildman–Crippen LogP) is 4.07. The highest BCUT2D eigenvalue weighted by Crippen LogP contribution is 2.56. The highest BCUT2D eigenvalue weighted by Gasteiger charge is 2.57. The summed E-state index contributed by atoms with van der Waals surface area (Å²) in [7, 11) is -5.41. The van der Waals surface area contributed by atoms with Crippen LogP contribution in [0.3, 0.4) is 0 Å². The number of aliphatic hydroxyl groups is 1. The van der Waals surface area contributed by atoms with Crippen molar-refractivity contribution in [2.45, 2.75) is 103 Å². The van der Waals surface area contributed by atoms with Crippen LogP contribution in [0.2, 0.25) is 18.1 Å². The lowest BCUT2D eigenvalue weighted by Crippen LogP contribution is -2.61. The molecule has 0 aromatic rings. The van der Waals surface area contributed by atoms with Gasteiger partial charge in [-0.05, 0) is 68.5 Å². The van der Waals surface area contributed by atoms with Crippen molar-refractivity contribution in [1.82, 2.24) is 0 Å². The third kappa shape index (κ3) is 4.54. The fourth-order valence-corrected chi connectivity index (χ4v) is 6.75. The van der Waals surface area contributed by atoms with Crippen LogP contribution < -0.4 is 0 Å². The van der Waals surface area contributed by atoms with Gasteiger partial charge in [0.05, 0.1) is 24.1 Å². The molecular formula is C19H38O5SSi. The second-order valence-corrected chi connectivity index (χ2v) is 16.9. The van der Waals surface area contributed by atoms with Crippen molar-refractivity contribution in [2.75, 3.05) is 6.26 Å². The van der Waals surface area contributed by atoms with Gasteiger partial charge in [-0.2, -0.15) is 8.42 Å². The van der Waals surface area contributed by atoms with E-state index in [0.717, 1.165) is 19.1 Å². The molecule has 0 aromatic carbocycles. The van der Waals surface area contributed by atoms with E-state index in [2.05, 4.69) is 40.8 Å². The molecule has 5 atom stereocenters. The Balaban J connectivity index is 2.27. The van der Waals surface area contributed by atoms with Crippen LogP contribution in [0.15, 0.2) is 0 Å². The van der Waals surface area contributed by atoms with E-state index >= 15 is 0 Å². The first-order chi connectivity index (χ1) is 11.5. The van der Waals surface area contributed by atoms with E-state index in [4.69, 9.17) is 8.61 Å². The largest absolute Gasteiger partial charge is 0.413 e. The molecule has 0 radical (unpaired) electrons. The zero-order chi connectivity index (χ0) is 20.2. The third-order valence-electron chi connectivity index (χ3n) is 7.25. The van der Waals surface area contributed by atoms with Crippen molar-refractivity contribution in [3.05, 3.63) is 0 Å². The monoisotopic (exact) mass is 406 g/mol. The SMILES string of the molecule is CC(C)(C)[Si](C)(C)O[C@H]1CC[C@](C)(O)[C@H]2C[C@@H](OS(C)(=O)=O)CC[C@]12C. The van der Waals surface area contributed by atoms with Gasteiger partial charge in [0.2, 0.25) is 0 Å². The zero-order valence-corrected chi connectivity index (χ0v) is 19.6. The summed E-state index contributed by atoms with van der Waals surface area (Å²) in [6, 6.07) is 0. The molecule has 7 heteroatoms. The van der Waals surface area contributed by atoms with Crippen molar-refractivity contribution in [1.29, 1.82) is 0 Å². The smallest absolute Gasteiger partial charge is 0.264 e. The van der Waals surface area contributed by atoms with Crippen molar-refractivity contribution in [2.24, 2.45) is 11.3 Å². The van der Waals surface area contributed by atoms with Gasteiger partial charge in [-0.15, -0.1) is 0 Å². The molecule has 0 aliphatic heterocycles. The number of hydrogen-bond acceptors (Lipinski definition) is 5. The molecule has 0 saturated heterocycles.